The van der Waals surface area contributed by atoms with E-state index < -0.39 is 0 Å². The summed E-state index contributed by atoms with van der Waals surface area (Å²) in [6, 6.07) is 1.89. The molecule has 0 bridgehead atoms. The molecule has 2 aromatic heterocycles. The largest absolute Gasteiger partial charge is 0.302 e. The van der Waals surface area contributed by atoms with Crippen molar-refractivity contribution < 1.29 is 4.79 Å². The van der Waals surface area contributed by atoms with Crippen LogP contribution in [0.15, 0.2) is 23.8 Å². The first kappa shape index (κ1) is 11.8. The van der Waals surface area contributed by atoms with Crippen LogP contribution in [-0.4, -0.2) is 20.7 Å². The molecule has 1 atom stereocenters. The summed E-state index contributed by atoms with van der Waals surface area (Å²) in [4.78, 5) is 15.9. The number of thiazole rings is 1. The molecule has 0 aliphatic rings. The molecule has 2 heterocycles. The van der Waals surface area contributed by atoms with Crippen LogP contribution in [0.4, 0.5) is 5.13 Å². The number of carbonyl (C=O) groups excluding carboxylic acids is 1. The fourth-order valence-electron chi connectivity index (χ4n) is 1.48. The van der Waals surface area contributed by atoms with Gasteiger partial charge in [0.15, 0.2) is 5.13 Å². The number of amides is 1. The first-order valence-corrected chi connectivity index (χ1v) is 6.24. The van der Waals surface area contributed by atoms with Crippen molar-refractivity contribution in [1.82, 2.24) is 14.8 Å². The second kappa shape index (κ2) is 5.09. The van der Waals surface area contributed by atoms with Crippen LogP contribution in [0.5, 0.6) is 0 Å². The van der Waals surface area contributed by atoms with Gasteiger partial charge in [0.25, 0.3) is 0 Å². The summed E-state index contributed by atoms with van der Waals surface area (Å²) in [5, 5.41) is 9.45. The molecule has 0 saturated heterocycles. The van der Waals surface area contributed by atoms with Gasteiger partial charge in [-0.3, -0.25) is 9.48 Å². The maximum atomic E-state index is 11.7. The molecule has 0 radical (unpaired) electrons. The highest BCUT2D eigenvalue weighted by molar-refractivity contribution is 7.13. The van der Waals surface area contributed by atoms with Crippen molar-refractivity contribution in [2.75, 3.05) is 5.32 Å². The maximum absolute atomic E-state index is 11.7. The zero-order chi connectivity index (χ0) is 12.3. The number of nitrogens with zero attached hydrogens (tertiary/aromatic N) is 3. The molecular formula is C11H14N4OS. The summed E-state index contributed by atoms with van der Waals surface area (Å²) in [5.41, 5.74) is 0.922. The lowest BCUT2D eigenvalue weighted by Gasteiger charge is -2.10. The quantitative estimate of drug-likeness (QED) is 0.905. The van der Waals surface area contributed by atoms with E-state index in [1.165, 1.54) is 11.3 Å². The van der Waals surface area contributed by atoms with E-state index in [0.717, 1.165) is 5.69 Å². The number of carbonyl (C=O) groups is 1. The third-order valence-corrected chi connectivity index (χ3v) is 3.20. The van der Waals surface area contributed by atoms with Gasteiger partial charge in [-0.2, -0.15) is 5.10 Å². The van der Waals surface area contributed by atoms with E-state index in [1.807, 2.05) is 31.5 Å². The molecule has 5 nitrogen and oxygen atoms in total. The van der Waals surface area contributed by atoms with Gasteiger partial charge in [0, 0.05) is 24.2 Å². The van der Waals surface area contributed by atoms with E-state index in [4.69, 9.17) is 0 Å². The molecule has 2 rings (SSSR count). The summed E-state index contributed by atoms with van der Waals surface area (Å²) in [6.07, 6.45) is 3.95. The summed E-state index contributed by atoms with van der Waals surface area (Å²) < 4.78 is 1.77. The molecule has 0 unspecified atom stereocenters. The SMILES string of the molecule is Cc1csc(NC(=O)C[C@@H](C)n2cccn2)n1. The Morgan fingerprint density at radius 1 is 1.65 bits per heavy atom. The number of aromatic nitrogens is 3. The molecular weight excluding hydrogens is 236 g/mol. The summed E-state index contributed by atoms with van der Waals surface area (Å²) >= 11 is 1.44. The van der Waals surface area contributed by atoms with Crippen LogP contribution >= 0.6 is 11.3 Å². The van der Waals surface area contributed by atoms with Crippen molar-refractivity contribution in [2.45, 2.75) is 26.3 Å². The average Bonchev–Trinajstić information content (AvgIpc) is 2.89. The van der Waals surface area contributed by atoms with E-state index in [2.05, 4.69) is 15.4 Å². The average molecular weight is 250 g/mol. The number of aryl methyl sites for hydroxylation is 1. The van der Waals surface area contributed by atoms with Crippen molar-refractivity contribution in [3.8, 4) is 0 Å². The fraction of sp³-hybridized carbons (Fsp3) is 0.364. The van der Waals surface area contributed by atoms with Crippen LogP contribution in [0.3, 0.4) is 0 Å². The molecule has 0 aliphatic heterocycles. The van der Waals surface area contributed by atoms with Crippen molar-refractivity contribution >= 4 is 22.4 Å². The topological polar surface area (TPSA) is 59.8 Å². The first-order valence-electron chi connectivity index (χ1n) is 5.36. The van der Waals surface area contributed by atoms with Gasteiger partial charge in [-0.15, -0.1) is 11.3 Å². The number of anilines is 1. The van der Waals surface area contributed by atoms with Crippen molar-refractivity contribution in [3.05, 3.63) is 29.5 Å². The predicted molar refractivity (Wildman–Crippen MR) is 67.0 cm³/mol. The second-order valence-electron chi connectivity index (χ2n) is 3.88. The van der Waals surface area contributed by atoms with Gasteiger partial charge < -0.3 is 5.32 Å². The molecule has 2 aromatic rings. The zero-order valence-corrected chi connectivity index (χ0v) is 10.6. The highest BCUT2D eigenvalue weighted by Gasteiger charge is 2.12. The summed E-state index contributed by atoms with van der Waals surface area (Å²) in [5.74, 6) is -0.0395. The molecule has 17 heavy (non-hydrogen) atoms. The van der Waals surface area contributed by atoms with Gasteiger partial charge in [0.05, 0.1) is 11.7 Å². The predicted octanol–water partition coefficient (Wildman–Crippen LogP) is 2.24. The molecule has 0 saturated carbocycles. The highest BCUT2D eigenvalue weighted by atomic mass is 32.1. The lowest BCUT2D eigenvalue weighted by molar-refractivity contribution is -0.116. The second-order valence-corrected chi connectivity index (χ2v) is 4.74. The number of hydrogen-bond donors (Lipinski definition) is 1. The monoisotopic (exact) mass is 250 g/mol. The van der Waals surface area contributed by atoms with E-state index in [1.54, 1.807) is 10.9 Å². The Kier molecular flexibility index (Phi) is 3.53. The first-order chi connectivity index (χ1) is 8.15. The Morgan fingerprint density at radius 3 is 3.06 bits per heavy atom. The van der Waals surface area contributed by atoms with Crippen LogP contribution in [0.1, 0.15) is 25.1 Å². The van der Waals surface area contributed by atoms with Crippen molar-refractivity contribution in [2.24, 2.45) is 0 Å². The van der Waals surface area contributed by atoms with E-state index >= 15 is 0 Å². The van der Waals surface area contributed by atoms with Gasteiger partial charge >= 0.3 is 0 Å². The van der Waals surface area contributed by atoms with Gasteiger partial charge in [-0.25, -0.2) is 4.98 Å². The molecule has 1 N–H and O–H groups in total. The van der Waals surface area contributed by atoms with E-state index in [9.17, 15) is 4.79 Å². The smallest absolute Gasteiger partial charge is 0.228 e. The third-order valence-electron chi connectivity index (χ3n) is 2.32. The minimum Gasteiger partial charge on any atom is -0.302 e. The Balaban J connectivity index is 1.89. The summed E-state index contributed by atoms with van der Waals surface area (Å²) in [7, 11) is 0. The van der Waals surface area contributed by atoms with Gasteiger partial charge in [-0.1, -0.05) is 0 Å². The molecule has 0 aliphatic carbocycles. The molecule has 1 amide bonds. The molecule has 0 fully saturated rings. The Labute approximate surface area is 103 Å². The van der Waals surface area contributed by atoms with Gasteiger partial charge in [0.2, 0.25) is 5.91 Å². The Bertz CT molecular complexity index is 491. The Morgan fingerprint density at radius 2 is 2.47 bits per heavy atom. The van der Waals surface area contributed by atoms with Crippen LogP contribution in [-0.2, 0) is 4.79 Å². The zero-order valence-electron chi connectivity index (χ0n) is 9.75. The van der Waals surface area contributed by atoms with Gasteiger partial charge in [0.1, 0.15) is 0 Å². The minimum atomic E-state index is -0.0395. The lowest BCUT2D eigenvalue weighted by Crippen LogP contribution is -2.17. The van der Waals surface area contributed by atoms with Crippen molar-refractivity contribution in [3.63, 3.8) is 0 Å². The van der Waals surface area contributed by atoms with Crippen LogP contribution in [0.2, 0.25) is 0 Å². The highest BCUT2D eigenvalue weighted by Crippen LogP contribution is 2.16. The van der Waals surface area contributed by atoms with Gasteiger partial charge in [-0.05, 0) is 19.9 Å². The molecule has 6 heteroatoms. The van der Waals surface area contributed by atoms with Crippen molar-refractivity contribution in [1.29, 1.82) is 0 Å². The number of rotatable bonds is 4. The van der Waals surface area contributed by atoms with Crippen LogP contribution in [0, 0.1) is 6.92 Å². The number of hydrogen-bond acceptors (Lipinski definition) is 4. The molecule has 0 aromatic carbocycles. The maximum Gasteiger partial charge on any atom is 0.228 e. The van der Waals surface area contributed by atoms with E-state index in [0.29, 0.717) is 11.6 Å². The molecule has 90 valence electrons. The van der Waals surface area contributed by atoms with Crippen LogP contribution < -0.4 is 5.32 Å². The lowest BCUT2D eigenvalue weighted by atomic mass is 10.2. The standard InChI is InChI=1S/C11H14N4OS/c1-8-7-17-11(13-8)14-10(16)6-9(2)15-5-3-4-12-15/h3-5,7,9H,6H2,1-2H3,(H,13,14,16)/t9-/m1/s1. The van der Waals surface area contributed by atoms with E-state index in [-0.39, 0.29) is 11.9 Å². The molecule has 0 spiro atoms. The normalized spacial score (nSPS) is 12.4. The fourth-order valence-corrected chi connectivity index (χ4v) is 2.19. The number of nitrogens with one attached hydrogen (secondary N) is 1. The Hall–Kier alpha value is -1.69. The summed E-state index contributed by atoms with van der Waals surface area (Å²) in [6.45, 7) is 3.86. The minimum absolute atomic E-state index is 0.0395. The third kappa shape index (κ3) is 3.13. The van der Waals surface area contributed by atoms with Crippen LogP contribution in [0.25, 0.3) is 0 Å².